The molecule has 16 heavy (non-hydrogen) atoms. The van der Waals surface area contributed by atoms with Crippen LogP contribution in [0.5, 0.6) is 5.75 Å². The number of ether oxygens (including phenoxy) is 1. The fourth-order valence-electron chi connectivity index (χ4n) is 1.88. The van der Waals surface area contributed by atoms with Crippen LogP contribution in [-0.2, 0) is 0 Å². The van der Waals surface area contributed by atoms with Crippen LogP contribution in [-0.4, -0.2) is 18.6 Å². The maximum atomic E-state index is 5.46. The van der Waals surface area contributed by atoms with Gasteiger partial charge in [-0.25, -0.2) is 4.99 Å². The van der Waals surface area contributed by atoms with Crippen molar-refractivity contribution in [3.8, 4) is 5.75 Å². The molecule has 1 aromatic carbocycles. The van der Waals surface area contributed by atoms with E-state index in [0.717, 1.165) is 12.2 Å². The largest absolute Gasteiger partial charge is 0.494 e. The fourth-order valence-corrected chi connectivity index (χ4v) is 1.88. The van der Waals surface area contributed by atoms with E-state index in [4.69, 9.17) is 16.2 Å². The molecule has 4 N–H and O–H groups in total. The number of aliphatic imine (C=N–C) groups is 1. The molecule has 4 nitrogen and oxygen atoms in total. The maximum absolute atomic E-state index is 5.46. The smallest absolute Gasteiger partial charge is 0.186 e. The minimum Gasteiger partial charge on any atom is -0.494 e. The van der Waals surface area contributed by atoms with Gasteiger partial charge in [-0.1, -0.05) is 12.1 Å². The molecule has 1 aliphatic rings. The van der Waals surface area contributed by atoms with Gasteiger partial charge < -0.3 is 16.2 Å². The van der Waals surface area contributed by atoms with E-state index in [9.17, 15) is 0 Å². The molecule has 1 aliphatic carbocycles. The molecule has 0 amide bonds. The minimum atomic E-state index is 0.175. The number of hydrogen-bond acceptors (Lipinski definition) is 2. The highest BCUT2D eigenvalue weighted by atomic mass is 16.5. The standard InChI is InChI=1S/C12H17N3O/c1-2-16-9-5-3-4-8(6-9)10-7-11(10)15-12(13)14/h3-6,10-11H,2,7H2,1H3,(H4,13,14,15)/t10-,11+/m0/s1. The molecule has 0 spiro atoms. The van der Waals surface area contributed by atoms with Gasteiger partial charge in [-0.15, -0.1) is 0 Å². The summed E-state index contributed by atoms with van der Waals surface area (Å²) in [6.07, 6.45) is 1.02. The Morgan fingerprint density at radius 2 is 2.31 bits per heavy atom. The average molecular weight is 219 g/mol. The second kappa shape index (κ2) is 4.43. The normalized spacial score (nSPS) is 22.6. The fraction of sp³-hybridized carbons (Fsp3) is 0.417. The van der Waals surface area contributed by atoms with Gasteiger partial charge in [0.15, 0.2) is 5.96 Å². The SMILES string of the molecule is CCOc1cccc([C@@H]2C[C@H]2N=C(N)N)c1. The Hall–Kier alpha value is -1.71. The Balaban J connectivity index is 2.06. The number of hydrogen-bond donors (Lipinski definition) is 2. The van der Waals surface area contributed by atoms with Crippen LogP contribution in [0.4, 0.5) is 0 Å². The van der Waals surface area contributed by atoms with Crippen molar-refractivity contribution in [1.82, 2.24) is 0 Å². The van der Waals surface area contributed by atoms with Crippen molar-refractivity contribution in [2.24, 2.45) is 16.5 Å². The van der Waals surface area contributed by atoms with Crippen molar-refractivity contribution in [1.29, 1.82) is 0 Å². The van der Waals surface area contributed by atoms with Crippen molar-refractivity contribution in [3.05, 3.63) is 29.8 Å². The van der Waals surface area contributed by atoms with E-state index >= 15 is 0 Å². The van der Waals surface area contributed by atoms with Crippen LogP contribution in [0.3, 0.4) is 0 Å². The maximum Gasteiger partial charge on any atom is 0.186 e. The summed E-state index contributed by atoms with van der Waals surface area (Å²) in [5.41, 5.74) is 12.0. The van der Waals surface area contributed by atoms with Crippen molar-refractivity contribution in [3.63, 3.8) is 0 Å². The highest BCUT2D eigenvalue weighted by Crippen LogP contribution is 2.44. The molecule has 2 atom stereocenters. The van der Waals surface area contributed by atoms with E-state index in [0.29, 0.717) is 12.5 Å². The van der Waals surface area contributed by atoms with Crippen molar-refractivity contribution < 1.29 is 4.74 Å². The van der Waals surface area contributed by atoms with Crippen LogP contribution >= 0.6 is 0 Å². The topological polar surface area (TPSA) is 73.6 Å². The molecule has 4 heteroatoms. The molecule has 86 valence electrons. The molecule has 0 heterocycles. The lowest BCUT2D eigenvalue weighted by Gasteiger charge is -2.05. The Kier molecular flexibility index (Phi) is 2.99. The van der Waals surface area contributed by atoms with Gasteiger partial charge in [0.25, 0.3) is 0 Å². The van der Waals surface area contributed by atoms with E-state index in [-0.39, 0.29) is 12.0 Å². The lowest BCUT2D eigenvalue weighted by atomic mass is 10.1. The van der Waals surface area contributed by atoms with E-state index in [1.54, 1.807) is 0 Å². The first-order chi connectivity index (χ1) is 7.70. The van der Waals surface area contributed by atoms with Crippen molar-refractivity contribution in [2.45, 2.75) is 25.3 Å². The summed E-state index contributed by atoms with van der Waals surface area (Å²) in [6.45, 7) is 2.66. The average Bonchev–Trinajstić information content (AvgIpc) is 2.97. The van der Waals surface area contributed by atoms with Crippen LogP contribution in [0.25, 0.3) is 0 Å². The van der Waals surface area contributed by atoms with Gasteiger partial charge in [0.05, 0.1) is 12.6 Å². The third-order valence-electron chi connectivity index (χ3n) is 2.67. The summed E-state index contributed by atoms with van der Waals surface area (Å²) in [4.78, 5) is 4.15. The zero-order valence-electron chi connectivity index (χ0n) is 9.39. The number of nitrogens with zero attached hydrogens (tertiary/aromatic N) is 1. The van der Waals surface area contributed by atoms with Crippen LogP contribution in [0.2, 0.25) is 0 Å². The summed E-state index contributed by atoms with van der Waals surface area (Å²) < 4.78 is 5.46. The third-order valence-corrected chi connectivity index (χ3v) is 2.67. The summed E-state index contributed by atoms with van der Waals surface area (Å²) >= 11 is 0. The molecule has 0 aromatic heterocycles. The molecule has 0 radical (unpaired) electrons. The summed E-state index contributed by atoms with van der Waals surface area (Å²) in [6, 6.07) is 8.38. The van der Waals surface area contributed by atoms with Gasteiger partial charge in [0.1, 0.15) is 5.75 Å². The van der Waals surface area contributed by atoms with E-state index in [1.807, 2.05) is 19.1 Å². The first-order valence-electron chi connectivity index (χ1n) is 5.52. The number of guanidine groups is 1. The zero-order chi connectivity index (χ0) is 11.5. The Morgan fingerprint density at radius 1 is 1.50 bits per heavy atom. The molecule has 2 rings (SSSR count). The molecule has 0 unspecified atom stereocenters. The van der Waals surface area contributed by atoms with Gasteiger partial charge in [-0.05, 0) is 31.0 Å². The van der Waals surface area contributed by atoms with Gasteiger partial charge in [-0.3, -0.25) is 0 Å². The quantitative estimate of drug-likeness (QED) is 0.590. The van der Waals surface area contributed by atoms with E-state index in [1.165, 1.54) is 5.56 Å². The van der Waals surface area contributed by atoms with Crippen molar-refractivity contribution >= 4 is 5.96 Å². The first kappa shape index (κ1) is 10.8. The highest BCUT2D eigenvalue weighted by molar-refractivity contribution is 5.76. The predicted octanol–water partition coefficient (Wildman–Crippen LogP) is 1.21. The molecule has 1 saturated carbocycles. The lowest BCUT2D eigenvalue weighted by molar-refractivity contribution is 0.340. The molecular weight excluding hydrogens is 202 g/mol. The Bertz CT molecular complexity index is 399. The van der Waals surface area contributed by atoms with Crippen LogP contribution in [0, 0.1) is 0 Å². The van der Waals surface area contributed by atoms with Crippen molar-refractivity contribution in [2.75, 3.05) is 6.61 Å². The van der Waals surface area contributed by atoms with Crippen LogP contribution in [0.1, 0.15) is 24.8 Å². The van der Waals surface area contributed by atoms with Gasteiger partial charge in [0.2, 0.25) is 0 Å². The molecule has 0 aliphatic heterocycles. The highest BCUT2D eigenvalue weighted by Gasteiger charge is 2.38. The molecular formula is C12H17N3O. The number of benzene rings is 1. The first-order valence-corrected chi connectivity index (χ1v) is 5.52. The zero-order valence-corrected chi connectivity index (χ0v) is 9.39. The molecule has 0 bridgehead atoms. The van der Waals surface area contributed by atoms with Crippen LogP contribution < -0.4 is 16.2 Å². The van der Waals surface area contributed by atoms with Gasteiger partial charge in [-0.2, -0.15) is 0 Å². The predicted molar refractivity (Wildman–Crippen MR) is 64.6 cm³/mol. The molecule has 1 aromatic rings. The second-order valence-electron chi connectivity index (χ2n) is 3.97. The molecule has 0 saturated heterocycles. The third kappa shape index (κ3) is 2.45. The number of nitrogens with two attached hydrogens (primary N) is 2. The number of rotatable bonds is 4. The Morgan fingerprint density at radius 3 is 3.00 bits per heavy atom. The lowest BCUT2D eigenvalue weighted by Crippen LogP contribution is -2.23. The monoisotopic (exact) mass is 219 g/mol. The Labute approximate surface area is 95.3 Å². The second-order valence-corrected chi connectivity index (χ2v) is 3.97. The minimum absolute atomic E-state index is 0.175. The van der Waals surface area contributed by atoms with Crippen LogP contribution in [0.15, 0.2) is 29.3 Å². The van der Waals surface area contributed by atoms with Gasteiger partial charge >= 0.3 is 0 Å². The molecule has 1 fully saturated rings. The summed E-state index contributed by atoms with van der Waals surface area (Å²) in [5, 5.41) is 0. The van der Waals surface area contributed by atoms with E-state index in [2.05, 4.69) is 17.1 Å². The summed E-state index contributed by atoms with van der Waals surface area (Å²) in [5.74, 6) is 1.53. The van der Waals surface area contributed by atoms with E-state index < -0.39 is 0 Å². The summed E-state index contributed by atoms with van der Waals surface area (Å²) in [7, 11) is 0. The van der Waals surface area contributed by atoms with Gasteiger partial charge in [0, 0.05) is 5.92 Å².